The highest BCUT2D eigenvalue weighted by molar-refractivity contribution is 5.91. The number of carbonyl (C=O) groups excluding carboxylic acids is 1. The van der Waals surface area contributed by atoms with E-state index in [-0.39, 0.29) is 18.7 Å². The summed E-state index contributed by atoms with van der Waals surface area (Å²) in [6.45, 7) is 0.183. The van der Waals surface area contributed by atoms with Gasteiger partial charge in [-0.2, -0.15) is 0 Å². The molecule has 1 aromatic heterocycles. The summed E-state index contributed by atoms with van der Waals surface area (Å²) in [4.78, 5) is 29.3. The Morgan fingerprint density at radius 2 is 2.25 bits per heavy atom. The third kappa shape index (κ3) is 3.62. The first-order chi connectivity index (χ1) is 7.61. The van der Waals surface area contributed by atoms with E-state index in [4.69, 9.17) is 10.8 Å². The molecule has 4 N–H and O–H groups in total. The Balaban J connectivity index is 2.34. The van der Waals surface area contributed by atoms with Crippen molar-refractivity contribution in [3.8, 4) is 0 Å². The second-order valence-electron chi connectivity index (χ2n) is 3.08. The first-order valence-electron chi connectivity index (χ1n) is 4.64. The zero-order chi connectivity index (χ0) is 12.0. The Morgan fingerprint density at radius 1 is 1.50 bits per heavy atom. The molecule has 0 aromatic carbocycles. The van der Waals surface area contributed by atoms with Gasteiger partial charge in [0.15, 0.2) is 0 Å². The van der Waals surface area contributed by atoms with E-state index in [9.17, 15) is 9.59 Å². The average Bonchev–Trinajstić information content (AvgIpc) is 2.29. The number of rotatable bonds is 5. The van der Waals surface area contributed by atoms with Crippen LogP contribution < -0.4 is 11.1 Å². The third-order valence-corrected chi connectivity index (χ3v) is 1.85. The van der Waals surface area contributed by atoms with Crippen LogP contribution >= 0.6 is 0 Å². The van der Waals surface area contributed by atoms with E-state index < -0.39 is 17.9 Å². The Kier molecular flexibility index (Phi) is 4.34. The van der Waals surface area contributed by atoms with Crippen LogP contribution in [0.5, 0.6) is 0 Å². The number of nitrogens with two attached hydrogens (primary N) is 1. The molecule has 86 valence electrons. The van der Waals surface area contributed by atoms with Gasteiger partial charge < -0.3 is 16.2 Å². The maximum Gasteiger partial charge on any atom is 0.320 e. The molecular weight excluding hydrogens is 212 g/mol. The molecule has 0 saturated heterocycles. The molecule has 0 fully saturated rings. The Labute approximate surface area is 91.7 Å². The molecule has 1 atom stereocenters. The van der Waals surface area contributed by atoms with Crippen LogP contribution in [0.1, 0.15) is 16.9 Å². The molecule has 1 rings (SSSR count). The third-order valence-electron chi connectivity index (χ3n) is 1.85. The Morgan fingerprint density at radius 3 is 2.81 bits per heavy atom. The van der Waals surface area contributed by atoms with Crippen LogP contribution in [0.2, 0.25) is 0 Å². The Hall–Kier alpha value is -2.02. The summed E-state index contributed by atoms with van der Waals surface area (Å²) in [5.74, 6) is -1.49. The zero-order valence-electron chi connectivity index (χ0n) is 8.46. The number of carboxylic acids is 1. The predicted molar refractivity (Wildman–Crippen MR) is 54.6 cm³/mol. The molecule has 0 radical (unpaired) electrons. The van der Waals surface area contributed by atoms with Gasteiger partial charge in [-0.25, -0.2) is 4.98 Å². The van der Waals surface area contributed by atoms with Gasteiger partial charge in [-0.15, -0.1) is 0 Å². The van der Waals surface area contributed by atoms with Crippen molar-refractivity contribution in [2.75, 3.05) is 6.54 Å². The number of hydrogen-bond acceptors (Lipinski definition) is 5. The summed E-state index contributed by atoms with van der Waals surface area (Å²) in [5, 5.41) is 11.0. The van der Waals surface area contributed by atoms with Crippen molar-refractivity contribution < 1.29 is 14.7 Å². The van der Waals surface area contributed by atoms with Gasteiger partial charge in [0.2, 0.25) is 0 Å². The molecule has 0 aliphatic rings. The van der Waals surface area contributed by atoms with Gasteiger partial charge in [-0.3, -0.25) is 14.6 Å². The van der Waals surface area contributed by atoms with E-state index in [1.54, 1.807) is 0 Å². The van der Waals surface area contributed by atoms with Gasteiger partial charge in [-0.1, -0.05) is 0 Å². The monoisotopic (exact) mass is 224 g/mol. The fourth-order valence-electron chi connectivity index (χ4n) is 0.972. The van der Waals surface area contributed by atoms with Crippen molar-refractivity contribution in [1.29, 1.82) is 0 Å². The highest BCUT2D eigenvalue weighted by Crippen LogP contribution is 1.91. The molecule has 16 heavy (non-hydrogen) atoms. The number of carboxylic acid groups (broad SMARTS) is 1. The van der Waals surface area contributed by atoms with Gasteiger partial charge in [0.05, 0.1) is 6.20 Å². The summed E-state index contributed by atoms with van der Waals surface area (Å²) in [6.07, 6.45) is 4.35. The van der Waals surface area contributed by atoms with Crippen LogP contribution in [0, 0.1) is 0 Å². The van der Waals surface area contributed by atoms with Crippen LogP contribution in [-0.2, 0) is 4.79 Å². The van der Waals surface area contributed by atoms with Gasteiger partial charge in [0.1, 0.15) is 11.7 Å². The molecule has 0 bridgehead atoms. The molecule has 7 nitrogen and oxygen atoms in total. The van der Waals surface area contributed by atoms with Crippen molar-refractivity contribution in [2.24, 2.45) is 5.73 Å². The van der Waals surface area contributed by atoms with Crippen molar-refractivity contribution in [1.82, 2.24) is 15.3 Å². The van der Waals surface area contributed by atoms with E-state index in [0.717, 1.165) is 0 Å². The van der Waals surface area contributed by atoms with Crippen molar-refractivity contribution in [3.63, 3.8) is 0 Å². The normalized spacial score (nSPS) is 11.8. The van der Waals surface area contributed by atoms with Gasteiger partial charge in [0, 0.05) is 18.9 Å². The standard InChI is InChI=1S/C9H12N4O3/c10-6(9(15)16)1-2-13-8(14)7-5-11-3-4-12-7/h3-6H,1-2,10H2,(H,13,14)(H,15,16)/t6-/m0/s1. The quantitative estimate of drug-likeness (QED) is 0.590. The zero-order valence-corrected chi connectivity index (χ0v) is 8.46. The van der Waals surface area contributed by atoms with Gasteiger partial charge >= 0.3 is 5.97 Å². The molecular formula is C9H12N4O3. The first kappa shape index (κ1) is 12.1. The number of aromatic nitrogens is 2. The minimum absolute atomic E-state index is 0.168. The lowest BCUT2D eigenvalue weighted by molar-refractivity contribution is -0.138. The number of nitrogens with one attached hydrogen (secondary N) is 1. The first-order valence-corrected chi connectivity index (χ1v) is 4.64. The summed E-state index contributed by atoms with van der Waals surface area (Å²) < 4.78 is 0. The molecule has 1 aromatic rings. The second kappa shape index (κ2) is 5.76. The van der Waals surface area contributed by atoms with Crippen LogP contribution in [0.4, 0.5) is 0 Å². The van der Waals surface area contributed by atoms with E-state index in [1.165, 1.54) is 18.6 Å². The Bertz CT molecular complexity index is 368. The highest BCUT2D eigenvalue weighted by atomic mass is 16.4. The fourth-order valence-corrected chi connectivity index (χ4v) is 0.972. The largest absolute Gasteiger partial charge is 0.480 e. The van der Waals surface area contributed by atoms with Crippen LogP contribution in [0.15, 0.2) is 18.6 Å². The smallest absolute Gasteiger partial charge is 0.320 e. The van der Waals surface area contributed by atoms with Crippen molar-refractivity contribution in [3.05, 3.63) is 24.3 Å². The molecule has 1 amide bonds. The van der Waals surface area contributed by atoms with Crippen molar-refractivity contribution >= 4 is 11.9 Å². The second-order valence-corrected chi connectivity index (χ2v) is 3.08. The average molecular weight is 224 g/mol. The molecule has 0 aliphatic carbocycles. The van der Waals surface area contributed by atoms with Crippen LogP contribution in [-0.4, -0.2) is 39.5 Å². The number of hydrogen-bond donors (Lipinski definition) is 3. The molecule has 1 heterocycles. The lowest BCUT2D eigenvalue weighted by Crippen LogP contribution is -2.35. The van der Waals surface area contributed by atoms with E-state index in [2.05, 4.69) is 15.3 Å². The maximum atomic E-state index is 11.4. The van der Waals surface area contributed by atoms with Crippen LogP contribution in [0.3, 0.4) is 0 Å². The predicted octanol–water partition coefficient (Wildman–Crippen LogP) is -0.992. The minimum atomic E-state index is -1.09. The van der Waals surface area contributed by atoms with E-state index >= 15 is 0 Å². The number of nitrogens with zero attached hydrogens (tertiary/aromatic N) is 2. The SMILES string of the molecule is N[C@@H](CCNC(=O)c1cnccn1)C(=O)O. The lowest BCUT2D eigenvalue weighted by Gasteiger charge is -2.07. The van der Waals surface area contributed by atoms with Crippen molar-refractivity contribution in [2.45, 2.75) is 12.5 Å². The van der Waals surface area contributed by atoms with Gasteiger partial charge in [-0.05, 0) is 6.42 Å². The summed E-state index contributed by atoms with van der Waals surface area (Å²) in [5.41, 5.74) is 5.45. The lowest BCUT2D eigenvalue weighted by atomic mass is 10.2. The topological polar surface area (TPSA) is 118 Å². The summed E-state index contributed by atoms with van der Waals surface area (Å²) >= 11 is 0. The molecule has 0 aliphatic heterocycles. The molecule has 0 saturated carbocycles. The van der Waals surface area contributed by atoms with Gasteiger partial charge in [0.25, 0.3) is 5.91 Å². The van der Waals surface area contributed by atoms with E-state index in [1.807, 2.05) is 0 Å². The summed E-state index contributed by atoms with van der Waals surface area (Å²) in [7, 11) is 0. The fraction of sp³-hybridized carbons (Fsp3) is 0.333. The summed E-state index contributed by atoms with van der Waals surface area (Å²) in [6, 6.07) is -0.970. The molecule has 7 heteroatoms. The number of amides is 1. The number of aliphatic carboxylic acids is 1. The maximum absolute atomic E-state index is 11.4. The van der Waals surface area contributed by atoms with E-state index in [0.29, 0.717) is 0 Å². The molecule has 0 unspecified atom stereocenters. The highest BCUT2D eigenvalue weighted by Gasteiger charge is 2.12. The van der Waals surface area contributed by atoms with Crippen LogP contribution in [0.25, 0.3) is 0 Å². The number of carbonyl (C=O) groups is 2. The molecule has 0 spiro atoms. The minimum Gasteiger partial charge on any atom is -0.480 e.